The molecular weight excluding hydrogens is 244 g/mol. The van der Waals surface area contributed by atoms with Crippen LogP contribution in [0.5, 0.6) is 0 Å². The number of benzene rings is 1. The molecule has 0 radical (unpaired) electrons. The van der Waals surface area contributed by atoms with E-state index < -0.39 is 5.97 Å². The van der Waals surface area contributed by atoms with Crippen molar-refractivity contribution in [1.82, 2.24) is 15.0 Å². The molecular formula is C10H9ClN4O2. The number of carbonyl (C=O) groups is 1. The Balaban J connectivity index is 2.43. The van der Waals surface area contributed by atoms with Gasteiger partial charge in [0, 0.05) is 5.69 Å². The molecule has 1 heterocycles. The predicted molar refractivity (Wildman–Crippen MR) is 62.1 cm³/mol. The first-order valence-corrected chi connectivity index (χ1v) is 5.05. The molecule has 0 atom stereocenters. The van der Waals surface area contributed by atoms with Crippen molar-refractivity contribution in [2.45, 2.75) is 0 Å². The van der Waals surface area contributed by atoms with Gasteiger partial charge in [0.05, 0.1) is 18.3 Å². The zero-order chi connectivity index (χ0) is 12.4. The molecule has 0 aliphatic heterocycles. The highest BCUT2D eigenvalue weighted by atomic mass is 35.5. The Morgan fingerprint density at radius 1 is 1.53 bits per heavy atom. The number of carbonyl (C=O) groups excluding carboxylic acids is 1. The van der Waals surface area contributed by atoms with E-state index in [1.807, 2.05) is 0 Å². The minimum absolute atomic E-state index is 0.103. The molecule has 2 aromatic rings. The van der Waals surface area contributed by atoms with Gasteiger partial charge in [-0.15, -0.1) is 9.90 Å². The fourth-order valence-corrected chi connectivity index (χ4v) is 1.45. The summed E-state index contributed by atoms with van der Waals surface area (Å²) in [7, 11) is 1.27. The summed E-state index contributed by atoms with van der Waals surface area (Å²) >= 11 is 5.98. The number of methoxy groups -OCH3 is 1. The molecule has 0 fully saturated rings. The van der Waals surface area contributed by atoms with Gasteiger partial charge < -0.3 is 10.5 Å². The number of ether oxygens (including phenoxy) is 1. The molecule has 0 unspecified atom stereocenters. The Hall–Kier alpha value is -2.08. The molecule has 0 amide bonds. The summed E-state index contributed by atoms with van der Waals surface area (Å²) in [5.74, 6) is -0.559. The van der Waals surface area contributed by atoms with Crippen LogP contribution in [-0.4, -0.2) is 28.1 Å². The molecule has 7 heteroatoms. The number of esters is 1. The van der Waals surface area contributed by atoms with E-state index in [1.165, 1.54) is 18.1 Å². The van der Waals surface area contributed by atoms with Crippen molar-refractivity contribution in [3.05, 3.63) is 35.1 Å². The quantitative estimate of drug-likeness (QED) is 0.643. The van der Waals surface area contributed by atoms with Gasteiger partial charge in [0.2, 0.25) is 0 Å². The van der Waals surface area contributed by atoms with Gasteiger partial charge in [0.15, 0.2) is 5.69 Å². The second-order valence-corrected chi connectivity index (χ2v) is 3.63. The summed E-state index contributed by atoms with van der Waals surface area (Å²) in [4.78, 5) is 12.4. The molecule has 0 aliphatic carbocycles. The van der Waals surface area contributed by atoms with Crippen LogP contribution in [0.3, 0.4) is 0 Å². The third-order valence-corrected chi connectivity index (χ3v) is 2.39. The zero-order valence-corrected chi connectivity index (χ0v) is 9.68. The zero-order valence-electron chi connectivity index (χ0n) is 8.92. The molecule has 2 N–H and O–H groups in total. The number of hydrogen-bond donors (Lipinski definition) is 1. The van der Waals surface area contributed by atoms with E-state index in [-0.39, 0.29) is 5.69 Å². The largest absolute Gasteiger partial charge is 0.464 e. The third-order valence-electron chi connectivity index (χ3n) is 2.07. The number of nitrogens with two attached hydrogens (primary N) is 1. The molecule has 1 aromatic carbocycles. The molecule has 0 spiro atoms. The van der Waals surface area contributed by atoms with Crippen LogP contribution in [0.2, 0.25) is 5.02 Å². The van der Waals surface area contributed by atoms with Gasteiger partial charge in [-0.05, 0) is 18.2 Å². The maximum Gasteiger partial charge on any atom is 0.360 e. The van der Waals surface area contributed by atoms with Crippen molar-refractivity contribution < 1.29 is 9.53 Å². The SMILES string of the molecule is COC(=O)c1cnn(-c2cc(N)ccc2Cl)n1. The smallest absolute Gasteiger partial charge is 0.360 e. The fraction of sp³-hybridized carbons (Fsp3) is 0.100. The van der Waals surface area contributed by atoms with Gasteiger partial charge in [-0.3, -0.25) is 0 Å². The van der Waals surface area contributed by atoms with Crippen LogP contribution in [0.1, 0.15) is 10.5 Å². The van der Waals surface area contributed by atoms with E-state index in [9.17, 15) is 4.79 Å². The molecule has 0 aliphatic rings. The highest BCUT2D eigenvalue weighted by Crippen LogP contribution is 2.21. The molecule has 17 heavy (non-hydrogen) atoms. The van der Waals surface area contributed by atoms with Crippen LogP contribution in [0.15, 0.2) is 24.4 Å². The number of halogens is 1. The second kappa shape index (κ2) is 4.42. The lowest BCUT2D eigenvalue weighted by molar-refractivity contribution is 0.0593. The maximum atomic E-state index is 11.2. The monoisotopic (exact) mass is 252 g/mol. The van der Waals surface area contributed by atoms with Gasteiger partial charge in [0.1, 0.15) is 5.69 Å². The molecule has 88 valence electrons. The van der Waals surface area contributed by atoms with E-state index in [1.54, 1.807) is 18.2 Å². The first kappa shape index (κ1) is 11.4. The van der Waals surface area contributed by atoms with Crippen molar-refractivity contribution in [3.63, 3.8) is 0 Å². The lowest BCUT2D eigenvalue weighted by Gasteiger charge is -2.03. The summed E-state index contributed by atoms with van der Waals surface area (Å²) < 4.78 is 4.53. The summed E-state index contributed by atoms with van der Waals surface area (Å²) in [5, 5.41) is 8.30. The van der Waals surface area contributed by atoms with E-state index in [0.717, 1.165) is 0 Å². The number of aromatic nitrogens is 3. The van der Waals surface area contributed by atoms with Crippen LogP contribution in [0.25, 0.3) is 5.69 Å². The molecule has 0 saturated heterocycles. The molecule has 1 aromatic heterocycles. The summed E-state index contributed by atoms with van der Waals surface area (Å²) in [6, 6.07) is 4.91. The highest BCUT2D eigenvalue weighted by molar-refractivity contribution is 6.32. The second-order valence-electron chi connectivity index (χ2n) is 3.22. The number of hydrogen-bond acceptors (Lipinski definition) is 5. The van der Waals surface area contributed by atoms with Gasteiger partial charge in [-0.25, -0.2) is 4.79 Å². The van der Waals surface area contributed by atoms with E-state index in [2.05, 4.69) is 14.9 Å². The summed E-state index contributed by atoms with van der Waals surface area (Å²) in [6.07, 6.45) is 1.30. The number of nitrogens with zero attached hydrogens (tertiary/aromatic N) is 3. The normalized spacial score (nSPS) is 10.2. The molecule has 0 saturated carbocycles. The molecule has 2 rings (SSSR count). The summed E-state index contributed by atoms with van der Waals surface area (Å²) in [6.45, 7) is 0. The van der Waals surface area contributed by atoms with Crippen molar-refractivity contribution in [3.8, 4) is 5.69 Å². The topological polar surface area (TPSA) is 83.0 Å². The fourth-order valence-electron chi connectivity index (χ4n) is 1.26. The lowest BCUT2D eigenvalue weighted by atomic mass is 10.3. The van der Waals surface area contributed by atoms with Crippen LogP contribution >= 0.6 is 11.6 Å². The van der Waals surface area contributed by atoms with E-state index >= 15 is 0 Å². The standard InChI is InChI=1S/C10H9ClN4O2/c1-17-10(16)8-5-13-15(14-8)9-4-6(12)2-3-7(9)11/h2-5H,12H2,1H3. The van der Waals surface area contributed by atoms with E-state index in [0.29, 0.717) is 16.4 Å². The lowest BCUT2D eigenvalue weighted by Crippen LogP contribution is -2.05. The highest BCUT2D eigenvalue weighted by Gasteiger charge is 2.13. The van der Waals surface area contributed by atoms with Crippen LogP contribution in [0.4, 0.5) is 5.69 Å². The Morgan fingerprint density at radius 3 is 3.00 bits per heavy atom. The van der Waals surface area contributed by atoms with Gasteiger partial charge >= 0.3 is 5.97 Å². The van der Waals surface area contributed by atoms with E-state index in [4.69, 9.17) is 17.3 Å². The Morgan fingerprint density at radius 2 is 2.29 bits per heavy atom. The maximum absolute atomic E-state index is 11.2. The van der Waals surface area contributed by atoms with Crippen molar-refractivity contribution in [2.75, 3.05) is 12.8 Å². The van der Waals surface area contributed by atoms with Crippen LogP contribution in [0, 0.1) is 0 Å². The number of nitrogen functional groups attached to an aromatic ring is 1. The van der Waals surface area contributed by atoms with Crippen LogP contribution < -0.4 is 5.73 Å². The summed E-state index contributed by atoms with van der Waals surface area (Å²) in [5.41, 5.74) is 6.77. The Labute approximate surface area is 102 Å². The van der Waals surface area contributed by atoms with Crippen molar-refractivity contribution >= 4 is 23.3 Å². The number of anilines is 1. The number of rotatable bonds is 2. The average Bonchev–Trinajstić information content (AvgIpc) is 2.80. The first-order chi connectivity index (χ1) is 8.11. The van der Waals surface area contributed by atoms with Crippen LogP contribution in [-0.2, 0) is 4.74 Å². The Kier molecular flexibility index (Phi) is 2.97. The minimum atomic E-state index is -0.559. The van der Waals surface area contributed by atoms with Gasteiger partial charge in [-0.2, -0.15) is 5.10 Å². The average molecular weight is 253 g/mol. The molecule has 6 nitrogen and oxygen atoms in total. The third kappa shape index (κ3) is 2.21. The predicted octanol–water partition coefficient (Wildman–Crippen LogP) is 1.29. The first-order valence-electron chi connectivity index (χ1n) is 4.68. The van der Waals surface area contributed by atoms with Gasteiger partial charge in [0.25, 0.3) is 0 Å². The van der Waals surface area contributed by atoms with Gasteiger partial charge in [-0.1, -0.05) is 11.6 Å². The minimum Gasteiger partial charge on any atom is -0.464 e. The van der Waals surface area contributed by atoms with Crippen molar-refractivity contribution in [1.29, 1.82) is 0 Å². The van der Waals surface area contributed by atoms with Crippen molar-refractivity contribution in [2.24, 2.45) is 0 Å². The Bertz CT molecular complexity index is 567. The molecule has 0 bridgehead atoms.